The Labute approximate surface area is 212 Å². The second-order valence-electron chi connectivity index (χ2n) is 7.93. The van der Waals surface area contributed by atoms with Crippen molar-refractivity contribution in [1.29, 1.82) is 0 Å². The summed E-state index contributed by atoms with van der Waals surface area (Å²) in [5.74, 6) is 1.75. The lowest BCUT2D eigenvalue weighted by molar-refractivity contribution is 0.250. The van der Waals surface area contributed by atoms with E-state index < -0.39 is 12.2 Å². The highest BCUT2D eigenvalue weighted by Gasteiger charge is 2.40. The molecule has 1 aliphatic heterocycles. The third kappa shape index (κ3) is 4.30. The van der Waals surface area contributed by atoms with Crippen molar-refractivity contribution in [2.24, 2.45) is 5.73 Å². The van der Waals surface area contributed by atoms with Crippen LogP contribution >= 0.6 is 23.2 Å². The van der Waals surface area contributed by atoms with Gasteiger partial charge >= 0.3 is 6.03 Å². The second kappa shape index (κ2) is 9.54. The molecule has 0 bridgehead atoms. The van der Waals surface area contributed by atoms with Crippen LogP contribution in [-0.4, -0.2) is 23.1 Å². The summed E-state index contributed by atoms with van der Waals surface area (Å²) in [7, 11) is 1.62. The van der Waals surface area contributed by atoms with Crippen LogP contribution in [0.15, 0.2) is 79.0 Å². The maximum Gasteiger partial charge on any atom is 0.336 e. The molecule has 2 amide bonds. The van der Waals surface area contributed by atoms with Gasteiger partial charge in [-0.25, -0.2) is 19.7 Å². The van der Waals surface area contributed by atoms with Gasteiger partial charge in [-0.15, -0.1) is 0 Å². The average Bonchev–Trinajstić information content (AvgIpc) is 2.87. The summed E-state index contributed by atoms with van der Waals surface area (Å²) in [5, 5.41) is 0.629. The minimum atomic E-state index is -0.884. The molecule has 0 fully saturated rings. The van der Waals surface area contributed by atoms with Gasteiger partial charge in [0.15, 0.2) is 5.82 Å². The molecule has 35 heavy (non-hydrogen) atoms. The zero-order valence-electron chi connectivity index (χ0n) is 18.7. The summed E-state index contributed by atoms with van der Waals surface area (Å²) in [4.78, 5) is 26.1. The standard InChI is InChI=1S/C26H21Cl2N5O2/c1-35-18-12-10-16(11-13-18)14-22-30-15-19-24(29)33(23-20(27)8-5-9-21(23)28)26(34)32(25(19)31-22)17-6-3-2-4-7-17/h2-13,15,24H,14,29H2,1H3. The Morgan fingerprint density at radius 2 is 1.66 bits per heavy atom. The zero-order chi connectivity index (χ0) is 24.5. The summed E-state index contributed by atoms with van der Waals surface area (Å²) >= 11 is 12.9. The number of hydrogen-bond donors (Lipinski definition) is 1. The van der Waals surface area contributed by atoms with Gasteiger partial charge in [-0.3, -0.25) is 4.90 Å². The Hall–Kier alpha value is -3.65. The lowest BCUT2D eigenvalue weighted by Gasteiger charge is -2.40. The number of nitrogens with zero attached hydrogens (tertiary/aromatic N) is 4. The van der Waals surface area contributed by atoms with E-state index in [1.165, 1.54) is 9.80 Å². The summed E-state index contributed by atoms with van der Waals surface area (Å²) < 4.78 is 5.23. The first-order valence-electron chi connectivity index (χ1n) is 10.8. The van der Waals surface area contributed by atoms with Crippen molar-refractivity contribution >= 4 is 46.4 Å². The topological polar surface area (TPSA) is 84.6 Å². The number of benzene rings is 3. The summed E-state index contributed by atoms with van der Waals surface area (Å²) in [6.07, 6.45) is 1.25. The fourth-order valence-corrected chi connectivity index (χ4v) is 4.62. The molecule has 7 nitrogen and oxygen atoms in total. The van der Waals surface area contributed by atoms with Gasteiger partial charge in [0.1, 0.15) is 17.7 Å². The van der Waals surface area contributed by atoms with Gasteiger partial charge in [0.2, 0.25) is 0 Å². The van der Waals surface area contributed by atoms with Crippen molar-refractivity contribution in [3.8, 4) is 5.75 Å². The van der Waals surface area contributed by atoms with Crippen LogP contribution < -0.4 is 20.3 Å². The molecule has 1 unspecified atom stereocenters. The number of amides is 2. The normalized spacial score (nSPS) is 15.2. The van der Waals surface area contributed by atoms with Gasteiger partial charge in [0.05, 0.1) is 34.1 Å². The zero-order valence-corrected chi connectivity index (χ0v) is 20.2. The Balaban J connectivity index is 1.62. The van der Waals surface area contributed by atoms with Crippen molar-refractivity contribution in [2.45, 2.75) is 12.6 Å². The van der Waals surface area contributed by atoms with Crippen LogP contribution in [0.2, 0.25) is 10.0 Å². The van der Waals surface area contributed by atoms with E-state index in [1.54, 1.807) is 31.5 Å². The van der Waals surface area contributed by atoms with E-state index in [-0.39, 0.29) is 0 Å². The maximum absolute atomic E-state index is 13.9. The Morgan fingerprint density at radius 1 is 0.971 bits per heavy atom. The van der Waals surface area contributed by atoms with Crippen LogP contribution in [0.25, 0.3) is 0 Å². The van der Waals surface area contributed by atoms with Crippen LogP contribution in [0.3, 0.4) is 0 Å². The number of hydrogen-bond acceptors (Lipinski definition) is 5. The number of carbonyl (C=O) groups is 1. The van der Waals surface area contributed by atoms with Gasteiger partial charge in [0, 0.05) is 12.6 Å². The van der Waals surface area contributed by atoms with Crippen molar-refractivity contribution in [1.82, 2.24) is 9.97 Å². The predicted octanol–water partition coefficient (Wildman–Crippen LogP) is 6.12. The molecule has 1 aliphatic rings. The highest BCUT2D eigenvalue weighted by molar-refractivity contribution is 6.40. The first-order valence-corrected chi connectivity index (χ1v) is 11.6. The molecular formula is C26H21Cl2N5O2. The van der Waals surface area contributed by atoms with E-state index in [1.807, 2.05) is 54.6 Å². The largest absolute Gasteiger partial charge is 0.497 e. The van der Waals surface area contributed by atoms with E-state index in [9.17, 15) is 4.79 Å². The van der Waals surface area contributed by atoms with E-state index in [2.05, 4.69) is 4.98 Å². The van der Waals surface area contributed by atoms with Crippen LogP contribution in [-0.2, 0) is 6.42 Å². The predicted molar refractivity (Wildman–Crippen MR) is 138 cm³/mol. The highest BCUT2D eigenvalue weighted by Crippen LogP contribution is 2.44. The fraction of sp³-hybridized carbons (Fsp3) is 0.115. The lowest BCUT2D eigenvalue weighted by Crippen LogP contribution is -2.51. The van der Waals surface area contributed by atoms with Gasteiger partial charge in [-0.05, 0) is 42.0 Å². The quantitative estimate of drug-likeness (QED) is 0.353. The maximum atomic E-state index is 13.9. The van der Waals surface area contributed by atoms with Crippen molar-refractivity contribution < 1.29 is 9.53 Å². The third-order valence-corrected chi connectivity index (χ3v) is 6.38. The molecule has 1 atom stereocenters. The molecule has 2 N–H and O–H groups in total. The molecule has 4 aromatic rings. The number of halogens is 2. The number of para-hydroxylation sites is 2. The van der Waals surface area contributed by atoms with Crippen LogP contribution in [0.4, 0.5) is 22.0 Å². The van der Waals surface area contributed by atoms with Crippen molar-refractivity contribution in [3.63, 3.8) is 0 Å². The molecule has 3 aromatic carbocycles. The Kier molecular flexibility index (Phi) is 6.30. The molecular weight excluding hydrogens is 485 g/mol. The number of ether oxygens (including phenoxy) is 1. The monoisotopic (exact) mass is 505 g/mol. The van der Waals surface area contributed by atoms with Gasteiger partial charge < -0.3 is 10.5 Å². The van der Waals surface area contributed by atoms with Gasteiger partial charge in [-0.2, -0.15) is 0 Å². The first-order chi connectivity index (χ1) is 17.0. The molecule has 0 saturated heterocycles. The van der Waals surface area contributed by atoms with Gasteiger partial charge in [-0.1, -0.05) is 59.6 Å². The van der Waals surface area contributed by atoms with E-state index in [0.29, 0.717) is 45.0 Å². The van der Waals surface area contributed by atoms with Crippen molar-refractivity contribution in [2.75, 3.05) is 16.9 Å². The fourth-order valence-electron chi connectivity index (χ4n) is 4.04. The minimum Gasteiger partial charge on any atom is -0.497 e. The number of anilines is 3. The molecule has 176 valence electrons. The Bertz CT molecular complexity index is 1360. The summed E-state index contributed by atoms with van der Waals surface area (Å²) in [5.41, 5.74) is 9.14. The molecule has 0 saturated carbocycles. The smallest absolute Gasteiger partial charge is 0.336 e. The molecule has 2 heterocycles. The average molecular weight is 506 g/mol. The van der Waals surface area contributed by atoms with E-state index in [4.69, 9.17) is 38.7 Å². The number of methoxy groups -OCH3 is 1. The molecule has 0 radical (unpaired) electrons. The van der Waals surface area contributed by atoms with E-state index >= 15 is 0 Å². The summed E-state index contributed by atoms with van der Waals surface area (Å²) in [6.45, 7) is 0. The number of carbonyl (C=O) groups excluding carboxylic acids is 1. The third-order valence-electron chi connectivity index (χ3n) is 5.77. The molecule has 5 rings (SSSR count). The van der Waals surface area contributed by atoms with Gasteiger partial charge in [0.25, 0.3) is 0 Å². The number of urea groups is 1. The van der Waals surface area contributed by atoms with Crippen molar-refractivity contribution in [3.05, 3.63) is 106 Å². The molecule has 1 aromatic heterocycles. The SMILES string of the molecule is COc1ccc(Cc2ncc3c(n2)N(c2ccccc2)C(=O)N(c2c(Cl)cccc2Cl)C3N)cc1. The summed E-state index contributed by atoms with van der Waals surface area (Å²) in [6, 6.07) is 21.5. The van der Waals surface area contributed by atoms with E-state index in [0.717, 1.165) is 11.3 Å². The first kappa shape index (κ1) is 23.1. The highest BCUT2D eigenvalue weighted by atomic mass is 35.5. The number of rotatable bonds is 5. The molecule has 9 heteroatoms. The van der Waals surface area contributed by atoms with Crippen LogP contribution in [0, 0.1) is 0 Å². The lowest BCUT2D eigenvalue weighted by atomic mass is 10.1. The van der Waals surface area contributed by atoms with Crippen LogP contribution in [0.1, 0.15) is 23.1 Å². The number of nitrogens with two attached hydrogens (primary N) is 1. The van der Waals surface area contributed by atoms with Crippen LogP contribution in [0.5, 0.6) is 5.75 Å². The Morgan fingerprint density at radius 3 is 2.31 bits per heavy atom. The number of fused-ring (bicyclic) bond motifs is 1. The molecule has 0 spiro atoms. The molecule has 0 aliphatic carbocycles. The second-order valence-corrected chi connectivity index (χ2v) is 8.74. The number of aromatic nitrogens is 2. The minimum absolute atomic E-state index is 0.315.